The first-order valence-electron chi connectivity index (χ1n) is 6.79. The molecule has 0 bridgehead atoms. The fraction of sp³-hybridized carbons (Fsp3) is 0.714. The predicted octanol–water partition coefficient (Wildman–Crippen LogP) is 3.98. The van der Waals surface area contributed by atoms with E-state index in [4.69, 9.17) is 9.97 Å². The molecule has 0 saturated heterocycles. The Morgan fingerprint density at radius 1 is 1.33 bits per heavy atom. The van der Waals surface area contributed by atoms with Gasteiger partial charge in [0.15, 0.2) is 0 Å². The summed E-state index contributed by atoms with van der Waals surface area (Å²) in [5.74, 6) is 2.61. The first kappa shape index (κ1) is 14.0. The van der Waals surface area contributed by atoms with E-state index in [0.29, 0.717) is 11.3 Å². The summed E-state index contributed by atoms with van der Waals surface area (Å²) in [4.78, 5) is 9.50. The summed E-state index contributed by atoms with van der Waals surface area (Å²) in [5, 5.41) is 3.43. The Hall–Kier alpha value is -0.390. The van der Waals surface area contributed by atoms with Crippen LogP contribution in [-0.4, -0.2) is 16.5 Å². The minimum Gasteiger partial charge on any atom is -0.369 e. The third-order valence-electron chi connectivity index (χ3n) is 3.64. The van der Waals surface area contributed by atoms with Crippen LogP contribution in [-0.2, 0) is 6.42 Å². The first-order valence-corrected chi connectivity index (χ1v) is 7.87. The van der Waals surface area contributed by atoms with Crippen molar-refractivity contribution in [1.29, 1.82) is 0 Å². The summed E-state index contributed by atoms with van der Waals surface area (Å²) in [7, 11) is 0. The van der Waals surface area contributed by atoms with Gasteiger partial charge >= 0.3 is 0 Å². The van der Waals surface area contributed by atoms with Crippen molar-refractivity contribution in [3.63, 3.8) is 0 Å². The Bertz CT molecular complexity index is 443. The predicted molar refractivity (Wildman–Crippen MR) is 84.0 cm³/mol. The van der Waals surface area contributed by atoms with E-state index >= 15 is 0 Å². The highest BCUT2D eigenvalue weighted by atomic mass is 127. The maximum Gasteiger partial charge on any atom is 0.143 e. The van der Waals surface area contributed by atoms with E-state index in [1.165, 1.54) is 15.7 Å². The van der Waals surface area contributed by atoms with E-state index in [9.17, 15) is 0 Å². The summed E-state index contributed by atoms with van der Waals surface area (Å²) in [6.07, 6.45) is 3.30. The summed E-state index contributed by atoms with van der Waals surface area (Å²) in [6, 6.07) is 0. The third-order valence-corrected chi connectivity index (χ3v) is 4.77. The number of anilines is 1. The number of halogens is 1. The smallest absolute Gasteiger partial charge is 0.143 e. The maximum atomic E-state index is 4.76. The number of nitrogens with zero attached hydrogens (tertiary/aromatic N) is 2. The zero-order valence-corrected chi connectivity index (χ0v) is 13.8. The zero-order valence-electron chi connectivity index (χ0n) is 11.7. The van der Waals surface area contributed by atoms with Crippen LogP contribution in [0.15, 0.2) is 0 Å². The number of aryl methyl sites for hydroxylation is 1. The topological polar surface area (TPSA) is 37.8 Å². The van der Waals surface area contributed by atoms with Crippen molar-refractivity contribution in [2.24, 2.45) is 5.41 Å². The van der Waals surface area contributed by atoms with Crippen molar-refractivity contribution >= 4 is 28.4 Å². The van der Waals surface area contributed by atoms with Gasteiger partial charge in [0.05, 0.1) is 9.26 Å². The molecule has 18 heavy (non-hydrogen) atoms. The summed E-state index contributed by atoms with van der Waals surface area (Å²) < 4.78 is 1.19. The van der Waals surface area contributed by atoms with Crippen LogP contribution in [0.5, 0.6) is 0 Å². The molecule has 2 rings (SSSR count). The largest absolute Gasteiger partial charge is 0.369 e. The molecule has 0 amide bonds. The monoisotopic (exact) mass is 359 g/mol. The second kappa shape index (κ2) is 5.31. The minimum absolute atomic E-state index is 0.389. The molecule has 1 fully saturated rings. The number of aromatic nitrogens is 2. The quantitative estimate of drug-likeness (QED) is 0.809. The van der Waals surface area contributed by atoms with Gasteiger partial charge in [0.25, 0.3) is 0 Å². The molecule has 4 heteroatoms. The van der Waals surface area contributed by atoms with Crippen molar-refractivity contribution in [2.75, 3.05) is 11.9 Å². The lowest BCUT2D eigenvalue weighted by Gasteiger charge is -2.12. The molecule has 1 aliphatic rings. The molecule has 1 aromatic rings. The molecule has 1 N–H and O–H groups in total. The minimum atomic E-state index is 0.389. The lowest BCUT2D eigenvalue weighted by molar-refractivity contribution is 0.606. The van der Waals surface area contributed by atoms with E-state index in [0.717, 1.165) is 31.0 Å². The second-order valence-electron chi connectivity index (χ2n) is 5.72. The van der Waals surface area contributed by atoms with Crippen LogP contribution < -0.4 is 5.32 Å². The zero-order chi connectivity index (χ0) is 13.3. The maximum absolute atomic E-state index is 4.76. The van der Waals surface area contributed by atoms with Gasteiger partial charge in [0.2, 0.25) is 0 Å². The van der Waals surface area contributed by atoms with Crippen LogP contribution in [0.25, 0.3) is 0 Å². The fourth-order valence-electron chi connectivity index (χ4n) is 2.17. The van der Waals surface area contributed by atoms with Crippen LogP contribution >= 0.6 is 22.6 Å². The van der Waals surface area contributed by atoms with Crippen molar-refractivity contribution in [3.05, 3.63) is 15.1 Å². The second-order valence-corrected chi connectivity index (χ2v) is 6.80. The molecule has 0 aliphatic heterocycles. The molecule has 100 valence electrons. The molecule has 1 unspecified atom stereocenters. The molecule has 1 aliphatic carbocycles. The summed E-state index contributed by atoms with van der Waals surface area (Å²) in [5.41, 5.74) is 1.57. The van der Waals surface area contributed by atoms with Gasteiger partial charge in [-0.3, -0.25) is 0 Å². The highest BCUT2D eigenvalue weighted by molar-refractivity contribution is 14.1. The van der Waals surface area contributed by atoms with E-state index in [1.807, 2.05) is 0 Å². The van der Waals surface area contributed by atoms with E-state index in [1.54, 1.807) is 0 Å². The molecule has 1 atom stereocenters. The number of hydrogen-bond acceptors (Lipinski definition) is 3. The molecule has 0 aromatic carbocycles. The molecule has 0 spiro atoms. The molecule has 1 saturated carbocycles. The number of rotatable bonds is 5. The van der Waals surface area contributed by atoms with Crippen molar-refractivity contribution < 1.29 is 0 Å². The Morgan fingerprint density at radius 2 is 2.00 bits per heavy atom. The van der Waals surface area contributed by atoms with Crippen LogP contribution in [0.2, 0.25) is 0 Å². The first-order chi connectivity index (χ1) is 8.49. The van der Waals surface area contributed by atoms with Gasteiger partial charge < -0.3 is 5.32 Å². The standard InChI is InChI=1S/C14H22IN3/c1-5-7-16-13-11(15)10(6-2)17-12(18-13)9-8-14(9,3)4/h9H,5-8H2,1-4H3,(H,16,17,18). The molecule has 0 radical (unpaired) electrons. The van der Waals surface area contributed by atoms with E-state index in [-0.39, 0.29) is 0 Å². The van der Waals surface area contributed by atoms with Crippen LogP contribution in [0.1, 0.15) is 58.0 Å². The third kappa shape index (κ3) is 2.78. The SMILES string of the molecule is CCCNc1nc(C2CC2(C)C)nc(CC)c1I. The molecule has 3 nitrogen and oxygen atoms in total. The average Bonchev–Trinajstić information content (AvgIpc) is 2.97. The summed E-state index contributed by atoms with van der Waals surface area (Å²) in [6.45, 7) is 9.90. The lowest BCUT2D eigenvalue weighted by Crippen LogP contribution is -2.10. The molecular formula is C14H22IN3. The van der Waals surface area contributed by atoms with E-state index in [2.05, 4.69) is 55.6 Å². The van der Waals surface area contributed by atoms with Gasteiger partial charge in [-0.25, -0.2) is 9.97 Å². The fourth-order valence-corrected chi connectivity index (χ4v) is 2.98. The molecule has 1 aromatic heterocycles. The lowest BCUT2D eigenvalue weighted by atomic mass is 10.1. The summed E-state index contributed by atoms with van der Waals surface area (Å²) >= 11 is 2.36. The normalized spacial score (nSPS) is 20.8. The van der Waals surface area contributed by atoms with Gasteiger partial charge in [-0.2, -0.15) is 0 Å². The Labute approximate surface area is 123 Å². The van der Waals surface area contributed by atoms with E-state index < -0.39 is 0 Å². The van der Waals surface area contributed by atoms with Gasteiger partial charge in [-0.15, -0.1) is 0 Å². The highest BCUT2D eigenvalue weighted by Crippen LogP contribution is 2.57. The van der Waals surface area contributed by atoms with Crippen LogP contribution in [0.3, 0.4) is 0 Å². The number of hydrogen-bond donors (Lipinski definition) is 1. The Balaban J connectivity index is 2.31. The Morgan fingerprint density at radius 3 is 2.50 bits per heavy atom. The average molecular weight is 359 g/mol. The van der Waals surface area contributed by atoms with Crippen LogP contribution in [0, 0.1) is 8.99 Å². The van der Waals surface area contributed by atoms with Gasteiger partial charge in [-0.05, 0) is 47.3 Å². The van der Waals surface area contributed by atoms with Crippen molar-refractivity contribution in [1.82, 2.24) is 9.97 Å². The Kier molecular flexibility index (Phi) is 4.14. The highest BCUT2D eigenvalue weighted by Gasteiger charge is 2.48. The van der Waals surface area contributed by atoms with Gasteiger partial charge in [0.1, 0.15) is 11.6 Å². The van der Waals surface area contributed by atoms with Gasteiger partial charge in [-0.1, -0.05) is 27.7 Å². The van der Waals surface area contributed by atoms with Crippen LogP contribution in [0.4, 0.5) is 5.82 Å². The molecule has 1 heterocycles. The number of nitrogens with one attached hydrogen (secondary N) is 1. The van der Waals surface area contributed by atoms with Gasteiger partial charge in [0, 0.05) is 12.5 Å². The molecular weight excluding hydrogens is 337 g/mol. The van der Waals surface area contributed by atoms with Crippen molar-refractivity contribution in [3.8, 4) is 0 Å². The van der Waals surface area contributed by atoms with Crippen molar-refractivity contribution in [2.45, 2.75) is 52.9 Å².